The summed E-state index contributed by atoms with van der Waals surface area (Å²) in [5.41, 5.74) is 7.77. The Hall–Kier alpha value is -4.92. The smallest absolute Gasteiger partial charge is 0.224 e. The number of aromatic nitrogens is 7. The third-order valence-corrected chi connectivity index (χ3v) is 6.16. The Morgan fingerprint density at radius 1 is 0.946 bits per heavy atom. The van der Waals surface area contributed by atoms with Crippen LogP contribution >= 0.6 is 0 Å². The number of carbonyl (C=O) groups excluding carboxylic acids is 1. The zero-order chi connectivity index (χ0) is 25.2. The molecule has 6 rings (SSSR count). The van der Waals surface area contributed by atoms with Crippen LogP contribution in [0, 0.1) is 0 Å². The van der Waals surface area contributed by atoms with Gasteiger partial charge in [0, 0.05) is 29.9 Å². The van der Waals surface area contributed by atoms with Crippen molar-refractivity contribution in [3.05, 3.63) is 73.2 Å². The third-order valence-electron chi connectivity index (χ3n) is 6.16. The zero-order valence-electron chi connectivity index (χ0n) is 20.2. The van der Waals surface area contributed by atoms with Gasteiger partial charge in [-0.05, 0) is 42.8 Å². The quantitative estimate of drug-likeness (QED) is 0.263. The van der Waals surface area contributed by atoms with E-state index >= 15 is 0 Å². The Balaban J connectivity index is 1.37. The number of anilines is 1. The number of H-pyrrole nitrogens is 2. The van der Waals surface area contributed by atoms with Gasteiger partial charge in [-0.25, -0.2) is 9.97 Å². The lowest BCUT2D eigenvalue weighted by Gasteiger charge is -2.07. The van der Waals surface area contributed by atoms with Gasteiger partial charge < -0.3 is 10.3 Å². The van der Waals surface area contributed by atoms with Crippen LogP contribution in [0.4, 0.5) is 5.69 Å². The second-order valence-electron chi connectivity index (χ2n) is 8.78. The molecule has 0 radical (unpaired) electrons. The molecule has 0 aliphatic heterocycles. The van der Waals surface area contributed by atoms with Crippen molar-refractivity contribution in [3.63, 3.8) is 0 Å². The molecule has 5 aromatic heterocycles. The molecule has 0 saturated carbocycles. The van der Waals surface area contributed by atoms with Crippen molar-refractivity contribution < 1.29 is 4.79 Å². The number of nitrogens with one attached hydrogen (secondary N) is 3. The van der Waals surface area contributed by atoms with Crippen LogP contribution in [0.25, 0.3) is 56.1 Å². The Morgan fingerprint density at radius 2 is 1.89 bits per heavy atom. The average Bonchev–Trinajstić information content (AvgIpc) is 3.56. The summed E-state index contributed by atoms with van der Waals surface area (Å²) in [5, 5.41) is 10.5. The lowest BCUT2D eigenvalue weighted by Crippen LogP contribution is -2.11. The number of benzene rings is 1. The van der Waals surface area contributed by atoms with Crippen LogP contribution in [0.15, 0.2) is 73.2 Å². The molecule has 0 atom stereocenters. The lowest BCUT2D eigenvalue weighted by molar-refractivity contribution is -0.116. The maximum atomic E-state index is 12.2. The lowest BCUT2D eigenvalue weighted by atomic mass is 10.1. The summed E-state index contributed by atoms with van der Waals surface area (Å²) < 4.78 is 0. The molecule has 0 aliphatic carbocycles. The number of imidazole rings is 1. The molecule has 37 heavy (non-hydrogen) atoms. The minimum Gasteiger partial charge on any atom is -0.336 e. The molecule has 0 aliphatic rings. The molecule has 0 unspecified atom stereocenters. The van der Waals surface area contributed by atoms with Crippen molar-refractivity contribution in [3.8, 4) is 34.0 Å². The normalized spacial score (nSPS) is 11.3. The number of fused-ring (bicyclic) bond motifs is 2. The molecule has 9 heteroatoms. The number of pyridine rings is 3. The standard InChI is InChI=1S/C28H24N8O/c1-2-3-10-24(37)31-18-14-17(15-29-16-18)20-11-12-23-26(32-20)27(36-35-23)28-33-22-9-6-7-19(25(22)34-28)21-8-4-5-13-30-21/h4-9,11-16H,2-3,10H2,1H3,(H,31,37)(H,33,34)(H,35,36). The highest BCUT2D eigenvalue weighted by Gasteiger charge is 2.17. The van der Waals surface area contributed by atoms with E-state index in [1.165, 1.54) is 0 Å². The summed E-state index contributed by atoms with van der Waals surface area (Å²) in [6, 6.07) is 17.5. The second kappa shape index (κ2) is 9.62. The van der Waals surface area contributed by atoms with E-state index < -0.39 is 0 Å². The number of hydrogen-bond donors (Lipinski definition) is 3. The van der Waals surface area contributed by atoms with E-state index in [4.69, 9.17) is 9.97 Å². The molecule has 6 aromatic rings. The summed E-state index contributed by atoms with van der Waals surface area (Å²) in [6.07, 6.45) is 7.46. The van der Waals surface area contributed by atoms with Crippen molar-refractivity contribution in [1.29, 1.82) is 0 Å². The molecule has 1 aromatic carbocycles. The molecular weight excluding hydrogens is 464 g/mol. The fourth-order valence-electron chi connectivity index (χ4n) is 4.31. The molecule has 0 saturated heterocycles. The summed E-state index contributed by atoms with van der Waals surface area (Å²) in [6.45, 7) is 2.06. The largest absolute Gasteiger partial charge is 0.336 e. The maximum absolute atomic E-state index is 12.2. The van der Waals surface area contributed by atoms with Crippen LogP contribution < -0.4 is 5.32 Å². The molecular formula is C28H24N8O. The number of hydrogen-bond acceptors (Lipinski definition) is 6. The molecule has 3 N–H and O–H groups in total. The number of para-hydroxylation sites is 1. The van der Waals surface area contributed by atoms with Gasteiger partial charge in [-0.15, -0.1) is 0 Å². The first kappa shape index (κ1) is 22.5. The van der Waals surface area contributed by atoms with Crippen LogP contribution in [0.5, 0.6) is 0 Å². The second-order valence-corrected chi connectivity index (χ2v) is 8.78. The first-order valence-electron chi connectivity index (χ1n) is 12.2. The van der Waals surface area contributed by atoms with Crippen molar-refractivity contribution in [2.75, 3.05) is 5.32 Å². The van der Waals surface area contributed by atoms with Crippen molar-refractivity contribution >= 4 is 33.7 Å². The predicted octanol–water partition coefficient (Wildman–Crippen LogP) is 5.75. The number of rotatable bonds is 7. The van der Waals surface area contributed by atoms with Gasteiger partial charge in [0.25, 0.3) is 0 Å². The van der Waals surface area contributed by atoms with Gasteiger partial charge in [0.2, 0.25) is 5.91 Å². The maximum Gasteiger partial charge on any atom is 0.224 e. The molecule has 0 bridgehead atoms. The Bertz CT molecular complexity index is 1720. The van der Waals surface area contributed by atoms with E-state index in [-0.39, 0.29) is 5.91 Å². The van der Waals surface area contributed by atoms with E-state index in [0.29, 0.717) is 29.1 Å². The Labute approximate surface area is 212 Å². The molecule has 1 amide bonds. The van der Waals surface area contributed by atoms with Crippen LogP contribution in [0.2, 0.25) is 0 Å². The van der Waals surface area contributed by atoms with Crippen LogP contribution in [0.3, 0.4) is 0 Å². The highest BCUT2D eigenvalue weighted by Crippen LogP contribution is 2.31. The predicted molar refractivity (Wildman–Crippen MR) is 144 cm³/mol. The summed E-state index contributed by atoms with van der Waals surface area (Å²) in [4.78, 5) is 34.1. The van der Waals surface area contributed by atoms with Crippen molar-refractivity contribution in [2.45, 2.75) is 26.2 Å². The molecule has 182 valence electrons. The van der Waals surface area contributed by atoms with Gasteiger partial charge in [0.15, 0.2) is 11.5 Å². The van der Waals surface area contributed by atoms with Gasteiger partial charge >= 0.3 is 0 Å². The minimum atomic E-state index is -0.0173. The zero-order valence-corrected chi connectivity index (χ0v) is 20.2. The first-order chi connectivity index (χ1) is 18.2. The third kappa shape index (κ3) is 4.42. The Morgan fingerprint density at radius 3 is 2.76 bits per heavy atom. The number of unbranched alkanes of at least 4 members (excludes halogenated alkanes) is 1. The topological polar surface area (TPSA) is 125 Å². The Kier molecular flexibility index (Phi) is 5.86. The van der Waals surface area contributed by atoms with Crippen LogP contribution in [-0.4, -0.2) is 41.0 Å². The minimum absolute atomic E-state index is 0.0173. The molecule has 9 nitrogen and oxygen atoms in total. The van der Waals surface area contributed by atoms with E-state index in [1.807, 2.05) is 54.6 Å². The SMILES string of the molecule is CCCCC(=O)Nc1cncc(-c2ccc3[nH]nc(-c4nc5c(-c6ccccn6)cccc5[nH]4)c3n2)c1. The van der Waals surface area contributed by atoms with Gasteiger partial charge in [-0.3, -0.25) is 19.9 Å². The van der Waals surface area contributed by atoms with Crippen LogP contribution in [-0.2, 0) is 4.79 Å². The van der Waals surface area contributed by atoms with Gasteiger partial charge in [-0.2, -0.15) is 5.10 Å². The molecule has 0 fully saturated rings. The number of aromatic amines is 2. The fraction of sp³-hybridized carbons (Fsp3) is 0.143. The van der Waals surface area contributed by atoms with E-state index in [0.717, 1.165) is 51.9 Å². The van der Waals surface area contributed by atoms with Gasteiger partial charge in [0.05, 0.1) is 39.8 Å². The van der Waals surface area contributed by atoms with E-state index in [2.05, 4.69) is 37.4 Å². The fourth-order valence-corrected chi connectivity index (χ4v) is 4.31. The summed E-state index contributed by atoms with van der Waals surface area (Å²) >= 11 is 0. The molecule has 0 spiro atoms. The number of amides is 1. The highest BCUT2D eigenvalue weighted by atomic mass is 16.1. The monoisotopic (exact) mass is 488 g/mol. The first-order valence-corrected chi connectivity index (χ1v) is 12.2. The number of carbonyl (C=O) groups is 1. The van der Waals surface area contributed by atoms with E-state index in [1.54, 1.807) is 18.6 Å². The van der Waals surface area contributed by atoms with Crippen molar-refractivity contribution in [1.82, 2.24) is 35.1 Å². The van der Waals surface area contributed by atoms with E-state index in [9.17, 15) is 4.79 Å². The summed E-state index contributed by atoms with van der Waals surface area (Å²) in [7, 11) is 0. The van der Waals surface area contributed by atoms with Gasteiger partial charge in [-0.1, -0.05) is 31.5 Å². The highest BCUT2D eigenvalue weighted by molar-refractivity contribution is 5.96. The molecule has 5 heterocycles. The van der Waals surface area contributed by atoms with Gasteiger partial charge in [0.1, 0.15) is 5.52 Å². The average molecular weight is 489 g/mol. The number of nitrogens with zero attached hydrogens (tertiary/aromatic N) is 5. The van der Waals surface area contributed by atoms with Crippen molar-refractivity contribution in [2.24, 2.45) is 0 Å². The van der Waals surface area contributed by atoms with Crippen LogP contribution in [0.1, 0.15) is 26.2 Å². The summed E-state index contributed by atoms with van der Waals surface area (Å²) in [5.74, 6) is 0.598.